The highest BCUT2D eigenvalue weighted by atomic mass is 14.2. The van der Waals surface area contributed by atoms with Crippen molar-refractivity contribution in [3.05, 3.63) is 34.9 Å². The zero-order valence-electron chi connectivity index (χ0n) is 13.2. The topological polar surface area (TPSA) is 23.8 Å². The molecule has 1 rings (SSSR count). The van der Waals surface area contributed by atoms with Gasteiger partial charge in [0, 0.05) is 0 Å². The van der Waals surface area contributed by atoms with Gasteiger partial charge in [0.05, 0.1) is 11.6 Å². The number of rotatable bonds is 3. The van der Waals surface area contributed by atoms with Crippen LogP contribution in [0, 0.1) is 17.2 Å². The summed E-state index contributed by atoms with van der Waals surface area (Å²) in [7, 11) is 0. The van der Waals surface area contributed by atoms with Gasteiger partial charge in [-0.3, -0.25) is 0 Å². The molecule has 0 bridgehead atoms. The molecule has 1 aromatic rings. The van der Waals surface area contributed by atoms with Gasteiger partial charge in [0.1, 0.15) is 0 Å². The Morgan fingerprint density at radius 3 is 2.06 bits per heavy atom. The molecule has 1 heteroatoms. The Morgan fingerprint density at radius 1 is 1.11 bits per heavy atom. The molecule has 0 atom stereocenters. The number of nitriles is 1. The quantitative estimate of drug-likeness (QED) is 0.704. The third-order valence-corrected chi connectivity index (χ3v) is 2.31. The van der Waals surface area contributed by atoms with Gasteiger partial charge in [-0.1, -0.05) is 60.6 Å². The summed E-state index contributed by atoms with van der Waals surface area (Å²) in [6.45, 7) is 14.5. The predicted molar refractivity (Wildman–Crippen MR) is 81.8 cm³/mol. The predicted octanol–water partition coefficient (Wildman–Crippen LogP) is 5.37. The minimum atomic E-state index is 0.674. The first kappa shape index (κ1) is 19.1. The van der Waals surface area contributed by atoms with Crippen molar-refractivity contribution in [1.29, 1.82) is 5.26 Å². The van der Waals surface area contributed by atoms with Crippen LogP contribution in [0.5, 0.6) is 0 Å². The zero-order chi connectivity index (χ0) is 14.6. The Balaban J connectivity index is 0. The summed E-state index contributed by atoms with van der Waals surface area (Å²) < 4.78 is 0. The molecule has 0 radical (unpaired) electrons. The summed E-state index contributed by atoms with van der Waals surface area (Å²) in [4.78, 5) is 0. The monoisotopic (exact) mass is 247 g/mol. The Bertz CT molecular complexity index is 345. The second-order valence-corrected chi connectivity index (χ2v) is 4.05. The lowest BCUT2D eigenvalue weighted by Crippen LogP contribution is -1.96. The van der Waals surface area contributed by atoms with Crippen LogP contribution in [0.25, 0.3) is 0 Å². The normalized spacial score (nSPS) is 8.61. The maximum Gasteiger partial charge on any atom is 0.0994 e. The van der Waals surface area contributed by atoms with Gasteiger partial charge in [0.15, 0.2) is 0 Å². The minimum absolute atomic E-state index is 0.674. The highest BCUT2D eigenvalue weighted by molar-refractivity contribution is 5.40. The first-order valence-electron chi connectivity index (χ1n) is 7.19. The second-order valence-electron chi connectivity index (χ2n) is 4.05. The molecule has 0 saturated heterocycles. The van der Waals surface area contributed by atoms with E-state index in [1.54, 1.807) is 0 Å². The van der Waals surface area contributed by atoms with E-state index >= 15 is 0 Å². The van der Waals surface area contributed by atoms with Crippen LogP contribution in [0.2, 0.25) is 0 Å². The smallest absolute Gasteiger partial charge is 0.0994 e. The number of aryl methyl sites for hydroxylation is 1. The average molecular weight is 247 g/mol. The van der Waals surface area contributed by atoms with Gasteiger partial charge >= 0.3 is 0 Å². The molecule has 0 unspecified atom stereocenters. The number of hydrogen-bond donors (Lipinski definition) is 0. The number of benzene rings is 1. The Morgan fingerprint density at radius 2 is 1.67 bits per heavy atom. The van der Waals surface area contributed by atoms with Crippen LogP contribution >= 0.6 is 0 Å². The fourth-order valence-electron chi connectivity index (χ4n) is 1.65. The number of hydrogen-bond acceptors (Lipinski definition) is 1. The molecule has 0 saturated carbocycles. The van der Waals surface area contributed by atoms with Crippen molar-refractivity contribution in [2.75, 3.05) is 0 Å². The molecule has 0 aliphatic rings. The van der Waals surface area contributed by atoms with Gasteiger partial charge in [0.2, 0.25) is 0 Å². The van der Waals surface area contributed by atoms with Crippen molar-refractivity contribution in [2.24, 2.45) is 5.92 Å². The van der Waals surface area contributed by atoms with Gasteiger partial charge in [-0.2, -0.15) is 5.26 Å². The Kier molecular flexibility index (Phi) is 12.9. The Labute approximate surface area is 114 Å². The van der Waals surface area contributed by atoms with Crippen molar-refractivity contribution in [3.8, 4) is 6.07 Å². The molecule has 0 aliphatic heterocycles. The van der Waals surface area contributed by atoms with Crippen LogP contribution in [0.3, 0.4) is 0 Å². The maximum absolute atomic E-state index is 8.87. The first-order chi connectivity index (χ1) is 8.67. The molecule has 102 valence electrons. The van der Waals surface area contributed by atoms with Crippen LogP contribution in [-0.4, -0.2) is 0 Å². The van der Waals surface area contributed by atoms with E-state index in [4.69, 9.17) is 5.26 Å². The molecule has 0 amide bonds. The second kappa shape index (κ2) is 12.2. The number of nitrogens with zero attached hydrogens (tertiary/aromatic N) is 1. The summed E-state index contributed by atoms with van der Waals surface area (Å²) in [5.74, 6) is 0.674. The highest BCUT2D eigenvalue weighted by Gasteiger charge is 2.03. The van der Waals surface area contributed by atoms with Crippen LogP contribution in [0.15, 0.2) is 18.2 Å². The third-order valence-electron chi connectivity index (χ3n) is 2.31. The van der Waals surface area contributed by atoms with Gasteiger partial charge in [-0.15, -0.1) is 0 Å². The molecule has 1 aromatic carbocycles. The molecule has 0 fully saturated rings. The van der Waals surface area contributed by atoms with E-state index in [1.807, 2.05) is 33.8 Å². The lowest BCUT2D eigenvalue weighted by atomic mass is 9.97. The minimum Gasteiger partial charge on any atom is -0.192 e. The maximum atomic E-state index is 8.87. The summed E-state index contributed by atoms with van der Waals surface area (Å²) in [6, 6.07) is 8.40. The lowest BCUT2D eigenvalue weighted by molar-refractivity contribution is 0.646. The van der Waals surface area contributed by atoms with E-state index in [1.165, 1.54) is 11.1 Å². The first-order valence-corrected chi connectivity index (χ1v) is 7.19. The summed E-state index contributed by atoms with van der Waals surface area (Å²) in [5, 5.41) is 8.87. The van der Waals surface area contributed by atoms with Crippen LogP contribution in [0.4, 0.5) is 0 Å². The highest BCUT2D eigenvalue weighted by Crippen LogP contribution is 2.15. The lowest BCUT2D eigenvalue weighted by Gasteiger charge is -2.07. The van der Waals surface area contributed by atoms with E-state index < -0.39 is 0 Å². The molecule has 1 nitrogen and oxygen atoms in total. The molecule has 0 N–H and O–H groups in total. The van der Waals surface area contributed by atoms with E-state index in [0.29, 0.717) is 5.92 Å². The van der Waals surface area contributed by atoms with Crippen molar-refractivity contribution in [2.45, 2.75) is 61.3 Å². The Hall–Kier alpha value is -1.29. The molecular weight excluding hydrogens is 218 g/mol. The molecule has 0 heterocycles. The van der Waals surface area contributed by atoms with Gasteiger partial charge in [-0.05, 0) is 36.0 Å². The van der Waals surface area contributed by atoms with E-state index in [-0.39, 0.29) is 0 Å². The third kappa shape index (κ3) is 7.12. The largest absolute Gasteiger partial charge is 0.192 e. The van der Waals surface area contributed by atoms with Crippen molar-refractivity contribution in [1.82, 2.24) is 0 Å². The van der Waals surface area contributed by atoms with Crippen molar-refractivity contribution < 1.29 is 0 Å². The van der Waals surface area contributed by atoms with Crippen LogP contribution < -0.4 is 0 Å². The van der Waals surface area contributed by atoms with E-state index in [9.17, 15) is 0 Å². The zero-order valence-corrected chi connectivity index (χ0v) is 13.2. The molecule has 0 aromatic heterocycles. The summed E-state index contributed by atoms with van der Waals surface area (Å²) in [5.41, 5.74) is 3.33. The van der Waals surface area contributed by atoms with E-state index in [2.05, 4.69) is 39.0 Å². The fraction of sp³-hybridized carbons (Fsp3) is 0.588. The molecule has 18 heavy (non-hydrogen) atoms. The van der Waals surface area contributed by atoms with Crippen LogP contribution in [0.1, 0.15) is 65.2 Å². The van der Waals surface area contributed by atoms with E-state index in [0.717, 1.165) is 18.4 Å². The van der Waals surface area contributed by atoms with Gasteiger partial charge in [0.25, 0.3) is 0 Å². The standard InChI is InChI=1S/C13H17N.2C2H6/c1-4-12-8-11(7-10(2)3)5-6-13(12)9-14;2*1-2/h5-6,8,10H,4,7H2,1-3H3;2*1-2H3. The summed E-state index contributed by atoms with van der Waals surface area (Å²) in [6.07, 6.45) is 2.04. The van der Waals surface area contributed by atoms with Gasteiger partial charge in [-0.25, -0.2) is 0 Å². The van der Waals surface area contributed by atoms with Crippen LogP contribution in [-0.2, 0) is 12.8 Å². The van der Waals surface area contributed by atoms with Crippen molar-refractivity contribution >= 4 is 0 Å². The fourth-order valence-corrected chi connectivity index (χ4v) is 1.65. The molecular formula is C17H29N. The molecule has 0 aliphatic carbocycles. The van der Waals surface area contributed by atoms with Gasteiger partial charge < -0.3 is 0 Å². The molecule has 0 spiro atoms. The SMILES string of the molecule is CC.CC.CCc1cc(CC(C)C)ccc1C#N. The summed E-state index contributed by atoms with van der Waals surface area (Å²) >= 11 is 0. The van der Waals surface area contributed by atoms with Crippen molar-refractivity contribution in [3.63, 3.8) is 0 Å². The average Bonchev–Trinajstić information content (AvgIpc) is 2.42.